The predicted molar refractivity (Wildman–Crippen MR) is 122 cm³/mol. The van der Waals surface area contributed by atoms with Crippen LogP contribution in [0.5, 0.6) is 0 Å². The summed E-state index contributed by atoms with van der Waals surface area (Å²) in [5.41, 5.74) is 5.85. The molecule has 4 amide bonds. The van der Waals surface area contributed by atoms with Crippen molar-refractivity contribution in [1.29, 1.82) is 0 Å². The summed E-state index contributed by atoms with van der Waals surface area (Å²) in [6.07, 6.45) is 2.72. The van der Waals surface area contributed by atoms with Crippen LogP contribution in [0, 0.1) is 17.7 Å². The summed E-state index contributed by atoms with van der Waals surface area (Å²) in [6.45, 7) is 2.10. The van der Waals surface area contributed by atoms with E-state index in [0.717, 1.165) is 29.7 Å². The first-order valence-electron chi connectivity index (χ1n) is 11.4. The van der Waals surface area contributed by atoms with Crippen molar-refractivity contribution < 1.29 is 23.6 Å². The molecule has 4 atom stereocenters. The number of benzene rings is 2. The number of nitrogens with zero attached hydrogens (tertiary/aromatic N) is 1. The number of anilines is 2. The second kappa shape index (κ2) is 8.02. The largest absolute Gasteiger partial charge is 0.370 e. The number of nitrogens with one attached hydrogen (secondary N) is 2. The fraction of sp³-hybridized carbons (Fsp3) is 0.360. The Morgan fingerprint density at radius 2 is 1.85 bits per heavy atom. The predicted octanol–water partition coefficient (Wildman–Crippen LogP) is 1.97. The first-order valence-corrected chi connectivity index (χ1v) is 11.4. The number of unbranched alkanes of at least 4 members (excludes halogenated alkanes) is 1. The second-order valence-electron chi connectivity index (χ2n) is 9.16. The van der Waals surface area contributed by atoms with Crippen molar-refractivity contribution in [2.45, 2.75) is 44.2 Å². The number of carbonyl (C=O) groups is 4. The number of hydrogen-bond acceptors (Lipinski definition) is 5. The van der Waals surface area contributed by atoms with Crippen LogP contribution in [-0.2, 0) is 31.1 Å². The van der Waals surface area contributed by atoms with Crippen LogP contribution in [0.2, 0.25) is 0 Å². The van der Waals surface area contributed by atoms with E-state index in [2.05, 4.69) is 17.6 Å². The molecule has 9 heteroatoms. The Hall–Kier alpha value is -3.59. The Kier molecular flexibility index (Phi) is 5.24. The van der Waals surface area contributed by atoms with E-state index in [9.17, 15) is 23.6 Å². The van der Waals surface area contributed by atoms with E-state index in [1.54, 1.807) is 12.1 Å². The summed E-state index contributed by atoms with van der Waals surface area (Å²) in [4.78, 5) is 53.5. The van der Waals surface area contributed by atoms with Crippen LogP contribution in [0.4, 0.5) is 15.8 Å². The van der Waals surface area contributed by atoms with Crippen molar-refractivity contribution in [2.24, 2.45) is 17.6 Å². The molecule has 5 rings (SSSR count). The van der Waals surface area contributed by atoms with E-state index >= 15 is 0 Å². The van der Waals surface area contributed by atoms with Crippen molar-refractivity contribution in [3.63, 3.8) is 0 Å². The monoisotopic (exact) mass is 464 g/mol. The highest BCUT2D eigenvalue weighted by atomic mass is 19.1. The van der Waals surface area contributed by atoms with Crippen LogP contribution in [0.15, 0.2) is 42.5 Å². The van der Waals surface area contributed by atoms with Gasteiger partial charge < -0.3 is 11.1 Å². The molecule has 2 fully saturated rings. The van der Waals surface area contributed by atoms with Gasteiger partial charge in [0.15, 0.2) is 0 Å². The van der Waals surface area contributed by atoms with Gasteiger partial charge in [0.2, 0.25) is 23.6 Å². The zero-order valence-corrected chi connectivity index (χ0v) is 18.6. The number of aryl methyl sites for hydroxylation is 1. The smallest absolute Gasteiger partial charge is 0.250 e. The van der Waals surface area contributed by atoms with Gasteiger partial charge in [-0.2, -0.15) is 0 Å². The van der Waals surface area contributed by atoms with Gasteiger partial charge in [0.25, 0.3) is 0 Å². The van der Waals surface area contributed by atoms with E-state index in [4.69, 9.17) is 5.73 Å². The molecule has 2 aromatic carbocycles. The van der Waals surface area contributed by atoms with Gasteiger partial charge in [-0.1, -0.05) is 25.5 Å². The zero-order valence-electron chi connectivity index (χ0n) is 18.6. The number of amides is 4. The SMILES string of the molecule is CCCCc1ccc(N2C(=O)[C@H]3[C@H](CC(N)=O)N[C@]4(C(=O)Nc5ccc(F)cc54)[C@H]3C2=O)cc1. The lowest BCUT2D eigenvalue weighted by Crippen LogP contribution is -2.53. The van der Waals surface area contributed by atoms with Gasteiger partial charge in [0.05, 0.1) is 17.5 Å². The molecule has 0 bridgehead atoms. The van der Waals surface area contributed by atoms with Gasteiger partial charge in [-0.3, -0.25) is 24.5 Å². The highest BCUT2D eigenvalue weighted by Crippen LogP contribution is 2.54. The number of imide groups is 1. The molecule has 3 heterocycles. The molecule has 176 valence electrons. The molecule has 2 aromatic rings. The van der Waals surface area contributed by atoms with Gasteiger partial charge in [-0.15, -0.1) is 0 Å². The van der Waals surface area contributed by atoms with E-state index in [1.807, 2.05) is 12.1 Å². The highest BCUT2D eigenvalue weighted by Gasteiger charge is 2.70. The first-order chi connectivity index (χ1) is 16.3. The van der Waals surface area contributed by atoms with Gasteiger partial charge >= 0.3 is 0 Å². The van der Waals surface area contributed by atoms with E-state index in [-0.39, 0.29) is 12.0 Å². The summed E-state index contributed by atoms with van der Waals surface area (Å²) in [7, 11) is 0. The molecule has 0 aliphatic carbocycles. The van der Waals surface area contributed by atoms with Crippen LogP contribution in [0.3, 0.4) is 0 Å². The normalized spacial score (nSPS) is 27.3. The minimum absolute atomic E-state index is 0.246. The first kappa shape index (κ1) is 22.2. The highest BCUT2D eigenvalue weighted by molar-refractivity contribution is 6.25. The Labute approximate surface area is 195 Å². The van der Waals surface area contributed by atoms with Crippen LogP contribution < -0.4 is 21.3 Å². The molecule has 1 spiro atoms. The number of nitrogens with two attached hydrogens (primary N) is 1. The summed E-state index contributed by atoms with van der Waals surface area (Å²) in [6, 6.07) is 10.1. The second-order valence-corrected chi connectivity index (χ2v) is 9.16. The van der Waals surface area contributed by atoms with Crippen LogP contribution in [-0.4, -0.2) is 29.7 Å². The third-order valence-corrected chi connectivity index (χ3v) is 7.11. The Balaban J connectivity index is 1.59. The average molecular weight is 464 g/mol. The van der Waals surface area contributed by atoms with Crippen LogP contribution >= 0.6 is 0 Å². The maximum absolute atomic E-state index is 14.2. The van der Waals surface area contributed by atoms with Crippen molar-refractivity contribution in [3.8, 4) is 0 Å². The minimum Gasteiger partial charge on any atom is -0.370 e. The molecule has 34 heavy (non-hydrogen) atoms. The van der Waals surface area contributed by atoms with Gasteiger partial charge in [0, 0.05) is 23.7 Å². The molecule has 3 aliphatic heterocycles. The Morgan fingerprint density at radius 1 is 1.12 bits per heavy atom. The molecule has 2 saturated heterocycles. The molecule has 8 nitrogen and oxygen atoms in total. The number of carbonyl (C=O) groups excluding carboxylic acids is 4. The van der Waals surface area contributed by atoms with Crippen molar-refractivity contribution in [1.82, 2.24) is 5.32 Å². The molecular formula is C25H25FN4O4. The van der Waals surface area contributed by atoms with Crippen molar-refractivity contribution in [3.05, 3.63) is 59.4 Å². The quantitative estimate of drug-likeness (QED) is 0.565. The average Bonchev–Trinajstić information content (AvgIpc) is 3.37. The number of halogens is 1. The van der Waals surface area contributed by atoms with Gasteiger partial charge in [0.1, 0.15) is 11.4 Å². The Bertz CT molecular complexity index is 1210. The summed E-state index contributed by atoms with van der Waals surface area (Å²) < 4.78 is 14.2. The number of fused-ring (bicyclic) bond motifs is 4. The number of rotatable bonds is 6. The van der Waals surface area contributed by atoms with E-state index in [0.29, 0.717) is 11.4 Å². The molecule has 0 saturated carbocycles. The third-order valence-electron chi connectivity index (χ3n) is 7.11. The summed E-state index contributed by atoms with van der Waals surface area (Å²) in [5.74, 6) is -5.04. The minimum atomic E-state index is -1.68. The lowest BCUT2D eigenvalue weighted by atomic mass is 9.76. The number of primary amides is 1. The summed E-state index contributed by atoms with van der Waals surface area (Å²) >= 11 is 0. The number of hydrogen-bond donors (Lipinski definition) is 3. The van der Waals surface area contributed by atoms with Crippen LogP contribution in [0.1, 0.15) is 37.3 Å². The molecule has 0 radical (unpaired) electrons. The molecule has 4 N–H and O–H groups in total. The topological polar surface area (TPSA) is 122 Å². The van der Waals surface area contributed by atoms with E-state index < -0.39 is 52.9 Å². The lowest BCUT2D eigenvalue weighted by molar-refractivity contribution is -0.130. The summed E-state index contributed by atoms with van der Waals surface area (Å²) in [5, 5.41) is 5.74. The van der Waals surface area contributed by atoms with Crippen LogP contribution in [0.25, 0.3) is 0 Å². The van der Waals surface area contributed by atoms with Gasteiger partial charge in [-0.05, 0) is 48.7 Å². The van der Waals surface area contributed by atoms with Crippen molar-refractivity contribution >= 4 is 35.0 Å². The molecule has 0 aromatic heterocycles. The van der Waals surface area contributed by atoms with Crippen molar-refractivity contribution in [2.75, 3.05) is 10.2 Å². The fourth-order valence-electron chi connectivity index (χ4n) is 5.61. The molecular weight excluding hydrogens is 439 g/mol. The Morgan fingerprint density at radius 3 is 2.53 bits per heavy atom. The molecule has 3 aliphatic rings. The molecule has 0 unspecified atom stereocenters. The van der Waals surface area contributed by atoms with E-state index in [1.165, 1.54) is 18.2 Å². The zero-order chi connectivity index (χ0) is 24.2. The maximum atomic E-state index is 14.2. The fourth-order valence-corrected chi connectivity index (χ4v) is 5.61. The maximum Gasteiger partial charge on any atom is 0.250 e. The van der Waals surface area contributed by atoms with Gasteiger partial charge in [-0.25, -0.2) is 9.29 Å². The lowest BCUT2D eigenvalue weighted by Gasteiger charge is -2.29. The third kappa shape index (κ3) is 3.14. The standard InChI is InChI=1S/C25H25FN4O4/c1-2-3-4-13-5-8-15(9-6-13)30-22(32)20-18(12-19(27)31)29-25(21(20)23(30)33)16-11-14(26)7-10-17(16)28-24(25)34/h5-11,18,20-21,29H,2-4,12H2,1H3,(H2,27,31)(H,28,34)/t18-,20-,21+,25-/m0/s1.